The van der Waals surface area contributed by atoms with Crippen LogP contribution in [0.1, 0.15) is 31.2 Å². The Balaban J connectivity index is 1.42. The number of benzene rings is 1. The molecule has 0 radical (unpaired) electrons. The lowest BCUT2D eigenvalue weighted by molar-refractivity contribution is 0.120. The van der Waals surface area contributed by atoms with Crippen molar-refractivity contribution in [3.63, 3.8) is 0 Å². The third-order valence-corrected chi connectivity index (χ3v) is 5.56. The predicted molar refractivity (Wildman–Crippen MR) is 96.7 cm³/mol. The van der Waals surface area contributed by atoms with E-state index in [-0.39, 0.29) is 0 Å². The van der Waals surface area contributed by atoms with E-state index in [0.29, 0.717) is 6.61 Å². The number of nitrogens with zero attached hydrogens (tertiary/aromatic N) is 2. The Labute approximate surface area is 145 Å². The van der Waals surface area contributed by atoms with Gasteiger partial charge >= 0.3 is 0 Å². The molecule has 3 aliphatic rings. The fraction of sp³-hybridized carbons (Fsp3) is 0.600. The first kappa shape index (κ1) is 16.0. The molecule has 0 amide bonds. The van der Waals surface area contributed by atoms with Crippen LogP contribution in [0.5, 0.6) is 11.5 Å². The standard InChI is InChI=1S/C20H28N2O2/c1-23-19-8-4-6-17-12-16(15-24-20(17)19)13-21-9-5-7-18(14-21)22-10-2-3-11-22/h4,6,8,12,18H,2-3,5,7,9-11,13-15H2,1H3/t18-/m1/s1. The normalized spacial score (nSPS) is 25.0. The van der Waals surface area contributed by atoms with Crippen LogP contribution in [0, 0.1) is 0 Å². The summed E-state index contributed by atoms with van der Waals surface area (Å²) in [6.45, 7) is 6.74. The first-order chi connectivity index (χ1) is 11.8. The van der Waals surface area contributed by atoms with Crippen LogP contribution >= 0.6 is 0 Å². The highest BCUT2D eigenvalue weighted by molar-refractivity contribution is 5.66. The van der Waals surface area contributed by atoms with E-state index < -0.39 is 0 Å². The van der Waals surface area contributed by atoms with Gasteiger partial charge in [-0.25, -0.2) is 0 Å². The molecule has 24 heavy (non-hydrogen) atoms. The molecular formula is C20H28N2O2. The van der Waals surface area contributed by atoms with Gasteiger partial charge in [-0.15, -0.1) is 0 Å². The SMILES string of the molecule is COc1cccc2c1OCC(CN1CCC[C@@H](N3CCCC3)C1)=C2. The third-order valence-electron chi connectivity index (χ3n) is 5.56. The minimum atomic E-state index is 0.679. The van der Waals surface area contributed by atoms with Gasteiger partial charge in [0.05, 0.1) is 7.11 Å². The van der Waals surface area contributed by atoms with Crippen LogP contribution < -0.4 is 9.47 Å². The Morgan fingerprint density at radius 2 is 2.04 bits per heavy atom. The number of rotatable bonds is 4. The van der Waals surface area contributed by atoms with E-state index in [4.69, 9.17) is 9.47 Å². The van der Waals surface area contributed by atoms with Gasteiger partial charge in [0.15, 0.2) is 11.5 Å². The molecule has 0 aromatic heterocycles. The van der Waals surface area contributed by atoms with Crippen LogP contribution in [0.2, 0.25) is 0 Å². The van der Waals surface area contributed by atoms with Crippen LogP contribution in [0.25, 0.3) is 6.08 Å². The van der Waals surface area contributed by atoms with Gasteiger partial charge in [-0.2, -0.15) is 0 Å². The van der Waals surface area contributed by atoms with Crippen molar-refractivity contribution in [2.45, 2.75) is 31.7 Å². The molecule has 1 atom stereocenters. The Morgan fingerprint density at radius 1 is 1.17 bits per heavy atom. The minimum Gasteiger partial charge on any atom is -0.493 e. The van der Waals surface area contributed by atoms with Crippen molar-refractivity contribution in [1.82, 2.24) is 9.80 Å². The van der Waals surface area contributed by atoms with Crippen molar-refractivity contribution >= 4 is 6.08 Å². The molecule has 4 heteroatoms. The van der Waals surface area contributed by atoms with E-state index in [1.807, 2.05) is 12.1 Å². The summed E-state index contributed by atoms with van der Waals surface area (Å²) < 4.78 is 11.4. The summed E-state index contributed by atoms with van der Waals surface area (Å²) >= 11 is 0. The van der Waals surface area contributed by atoms with Crippen molar-refractivity contribution in [1.29, 1.82) is 0 Å². The van der Waals surface area contributed by atoms with Gasteiger partial charge in [0.2, 0.25) is 0 Å². The molecule has 1 aromatic rings. The Hall–Kier alpha value is -1.52. The van der Waals surface area contributed by atoms with E-state index in [2.05, 4.69) is 21.9 Å². The minimum absolute atomic E-state index is 0.679. The van der Waals surface area contributed by atoms with Gasteiger partial charge in [-0.05, 0) is 63.0 Å². The Kier molecular flexibility index (Phi) is 4.76. The number of likely N-dealkylation sites (tertiary alicyclic amines) is 2. The van der Waals surface area contributed by atoms with Crippen molar-refractivity contribution in [3.05, 3.63) is 29.3 Å². The number of hydrogen-bond acceptors (Lipinski definition) is 4. The van der Waals surface area contributed by atoms with E-state index in [9.17, 15) is 0 Å². The smallest absolute Gasteiger partial charge is 0.168 e. The second kappa shape index (κ2) is 7.16. The number of methoxy groups -OCH3 is 1. The maximum atomic E-state index is 6.00. The monoisotopic (exact) mass is 328 g/mol. The van der Waals surface area contributed by atoms with Crippen molar-refractivity contribution in [3.8, 4) is 11.5 Å². The first-order valence-corrected chi connectivity index (χ1v) is 9.29. The molecule has 4 nitrogen and oxygen atoms in total. The Morgan fingerprint density at radius 3 is 2.88 bits per heavy atom. The van der Waals surface area contributed by atoms with E-state index >= 15 is 0 Å². The molecular weight excluding hydrogens is 300 g/mol. The number of fused-ring (bicyclic) bond motifs is 1. The molecule has 0 bridgehead atoms. The molecule has 0 spiro atoms. The zero-order chi connectivity index (χ0) is 16.4. The molecule has 0 N–H and O–H groups in total. The number of piperidine rings is 1. The highest BCUT2D eigenvalue weighted by atomic mass is 16.5. The fourth-order valence-electron chi connectivity index (χ4n) is 4.35. The molecule has 1 aromatic carbocycles. The van der Waals surface area contributed by atoms with Crippen molar-refractivity contribution in [2.24, 2.45) is 0 Å². The maximum Gasteiger partial charge on any atom is 0.168 e. The zero-order valence-electron chi connectivity index (χ0n) is 14.7. The average molecular weight is 328 g/mol. The molecule has 0 saturated carbocycles. The fourth-order valence-corrected chi connectivity index (χ4v) is 4.35. The summed E-state index contributed by atoms with van der Waals surface area (Å²) in [4.78, 5) is 5.32. The summed E-state index contributed by atoms with van der Waals surface area (Å²) in [5, 5.41) is 0. The van der Waals surface area contributed by atoms with Crippen LogP contribution in [-0.4, -0.2) is 62.3 Å². The quantitative estimate of drug-likeness (QED) is 0.848. The molecule has 0 unspecified atom stereocenters. The summed E-state index contributed by atoms with van der Waals surface area (Å²) in [6.07, 6.45) is 7.74. The maximum absolute atomic E-state index is 6.00. The van der Waals surface area contributed by atoms with Gasteiger partial charge in [-0.1, -0.05) is 12.1 Å². The summed E-state index contributed by atoms with van der Waals surface area (Å²) in [6, 6.07) is 6.87. The lowest BCUT2D eigenvalue weighted by Crippen LogP contribution is -2.47. The summed E-state index contributed by atoms with van der Waals surface area (Å²) in [5.41, 5.74) is 2.52. The van der Waals surface area contributed by atoms with Crippen molar-refractivity contribution < 1.29 is 9.47 Å². The number of ether oxygens (including phenoxy) is 2. The third kappa shape index (κ3) is 3.31. The Bertz CT molecular complexity index is 608. The molecule has 3 heterocycles. The van der Waals surface area contributed by atoms with Gasteiger partial charge in [0.25, 0.3) is 0 Å². The van der Waals surface area contributed by atoms with Crippen LogP contribution in [0.3, 0.4) is 0 Å². The van der Waals surface area contributed by atoms with Gasteiger partial charge < -0.3 is 9.47 Å². The van der Waals surface area contributed by atoms with E-state index in [1.165, 1.54) is 57.4 Å². The summed E-state index contributed by atoms with van der Waals surface area (Å²) in [7, 11) is 1.70. The van der Waals surface area contributed by atoms with Gasteiger partial charge in [-0.3, -0.25) is 9.80 Å². The molecule has 3 aliphatic heterocycles. The molecule has 130 valence electrons. The van der Waals surface area contributed by atoms with Gasteiger partial charge in [0, 0.05) is 24.7 Å². The highest BCUT2D eigenvalue weighted by Crippen LogP contribution is 2.35. The lowest BCUT2D eigenvalue weighted by Gasteiger charge is -2.38. The van der Waals surface area contributed by atoms with Crippen LogP contribution in [0.4, 0.5) is 0 Å². The number of hydrogen-bond donors (Lipinski definition) is 0. The van der Waals surface area contributed by atoms with Gasteiger partial charge in [0.1, 0.15) is 6.61 Å². The van der Waals surface area contributed by atoms with Crippen LogP contribution in [-0.2, 0) is 0 Å². The summed E-state index contributed by atoms with van der Waals surface area (Å²) in [5.74, 6) is 1.72. The highest BCUT2D eigenvalue weighted by Gasteiger charge is 2.27. The molecule has 2 fully saturated rings. The molecule has 2 saturated heterocycles. The second-order valence-corrected chi connectivity index (χ2v) is 7.24. The van der Waals surface area contributed by atoms with Crippen molar-refractivity contribution in [2.75, 3.05) is 46.4 Å². The molecule has 4 rings (SSSR count). The predicted octanol–water partition coefficient (Wildman–Crippen LogP) is 3.03. The van der Waals surface area contributed by atoms with E-state index in [0.717, 1.165) is 29.6 Å². The molecule has 0 aliphatic carbocycles. The van der Waals surface area contributed by atoms with Crippen LogP contribution in [0.15, 0.2) is 23.8 Å². The topological polar surface area (TPSA) is 24.9 Å². The largest absolute Gasteiger partial charge is 0.493 e. The van der Waals surface area contributed by atoms with E-state index in [1.54, 1.807) is 7.11 Å². The number of para-hydroxylation sites is 1. The zero-order valence-corrected chi connectivity index (χ0v) is 14.7. The average Bonchev–Trinajstić information content (AvgIpc) is 3.16. The first-order valence-electron chi connectivity index (χ1n) is 9.29. The lowest BCUT2D eigenvalue weighted by atomic mass is 10.0. The second-order valence-electron chi connectivity index (χ2n) is 7.24.